The van der Waals surface area contributed by atoms with E-state index < -0.39 is 0 Å². The molecule has 0 unspecified atom stereocenters. The molecule has 0 aromatic heterocycles. The van der Waals surface area contributed by atoms with Crippen molar-refractivity contribution in [3.05, 3.63) is 0 Å². The van der Waals surface area contributed by atoms with Gasteiger partial charge in [0, 0.05) is 105 Å². The molecule has 10 heteroatoms. The van der Waals surface area contributed by atoms with Gasteiger partial charge in [0.2, 0.25) is 0 Å². The average Bonchev–Trinajstić information content (AvgIpc) is 1.50. The molecule has 0 bridgehead atoms. The van der Waals surface area contributed by atoms with Gasteiger partial charge in [0.15, 0.2) is 0 Å². The van der Waals surface area contributed by atoms with Crippen molar-refractivity contribution in [2.45, 2.75) is 0 Å². The summed E-state index contributed by atoms with van der Waals surface area (Å²) < 4.78 is 15.9. The van der Waals surface area contributed by atoms with E-state index in [0.29, 0.717) is 0 Å². The van der Waals surface area contributed by atoms with E-state index in [1.807, 2.05) is 0 Å². The van der Waals surface area contributed by atoms with Crippen LogP contribution < -0.4 is 0 Å². The van der Waals surface area contributed by atoms with E-state index in [2.05, 4.69) is 31.3 Å². The first kappa shape index (κ1) is 67.0. The molecule has 0 aromatic rings. The van der Waals surface area contributed by atoms with Crippen LogP contribution in [0.1, 0.15) is 0 Å². The fraction of sp³-hybridized carbons (Fsp3) is 0. The molecule has 0 heterocycles. The van der Waals surface area contributed by atoms with Crippen LogP contribution in [0.5, 0.6) is 0 Å². The molecule has 0 aliphatic carbocycles. The van der Waals surface area contributed by atoms with Crippen molar-refractivity contribution >= 4 is 37.7 Å². The van der Waals surface area contributed by atoms with E-state index in [9.17, 15) is 0 Å². The predicted octanol–water partition coefficient (Wildman–Crippen LogP) is -1.01. The summed E-state index contributed by atoms with van der Waals surface area (Å²) in [5, 5.41) is 0. The standard InChI is InChI=1S/2Co.2Li.2Mn.2Ni.2O. The van der Waals surface area contributed by atoms with Crippen LogP contribution in [0.3, 0.4) is 0 Å². The summed E-state index contributed by atoms with van der Waals surface area (Å²) >= 11 is 4.62. The summed E-state index contributed by atoms with van der Waals surface area (Å²) in [6.07, 6.45) is 0. The van der Waals surface area contributed by atoms with Crippen LogP contribution in [0.4, 0.5) is 0 Å². The van der Waals surface area contributed by atoms with Crippen LogP contribution in [0.15, 0.2) is 0 Å². The van der Waals surface area contributed by atoms with Crippen molar-refractivity contribution in [1.82, 2.24) is 0 Å². The Hall–Kier alpha value is 3.83. The fourth-order valence-electron chi connectivity index (χ4n) is 0. The van der Waals surface area contributed by atoms with Crippen LogP contribution >= 0.6 is 0 Å². The predicted molar refractivity (Wildman–Crippen MR) is 12.9 cm³/mol. The van der Waals surface area contributed by atoms with Gasteiger partial charge in [0.05, 0.1) is 0 Å². The van der Waals surface area contributed by atoms with E-state index in [1.54, 1.807) is 0 Å². The fourth-order valence-corrected chi connectivity index (χ4v) is 0. The maximum atomic E-state index is 7.94. The van der Waals surface area contributed by atoms with Crippen molar-refractivity contribution < 1.29 is 106 Å². The zero-order valence-corrected chi connectivity index (χ0v) is 11.3. The van der Waals surface area contributed by atoms with Crippen molar-refractivity contribution in [3.63, 3.8) is 0 Å². The van der Waals surface area contributed by atoms with E-state index >= 15 is 0 Å². The van der Waals surface area contributed by atoms with E-state index in [1.165, 1.54) is 0 Å². The van der Waals surface area contributed by atoms with Gasteiger partial charge in [-0.05, 0) is 0 Å². The summed E-state index contributed by atoms with van der Waals surface area (Å²) in [5.41, 5.74) is 0. The molecule has 2 nitrogen and oxygen atoms in total. The molecule has 0 aliphatic heterocycles. The number of hydrogen-bond acceptors (Lipinski definition) is 2. The monoisotopic (exact) mass is 390 g/mol. The summed E-state index contributed by atoms with van der Waals surface area (Å²) in [6, 6.07) is 0. The molecular weight excluding hydrogens is 391 g/mol. The van der Waals surface area contributed by atoms with Gasteiger partial charge in [-0.15, -0.1) is 0 Å². The van der Waals surface area contributed by atoms with Gasteiger partial charge in [0.1, 0.15) is 0 Å². The zero-order valence-electron chi connectivity index (χ0n) is 4.87. The third kappa shape index (κ3) is 94.5. The molecule has 66 valence electrons. The summed E-state index contributed by atoms with van der Waals surface area (Å²) in [4.78, 5) is 0. The third-order valence-corrected chi connectivity index (χ3v) is 0. The molecule has 0 N–H and O–H groups in total. The molecule has 0 rings (SSSR count). The Balaban J connectivity index is -0.000000000833. The second-order valence-corrected chi connectivity index (χ2v) is 0. The molecule has 0 aromatic carbocycles. The van der Waals surface area contributed by atoms with Crippen molar-refractivity contribution in [1.29, 1.82) is 0 Å². The summed E-state index contributed by atoms with van der Waals surface area (Å²) in [5.74, 6) is 0. The molecule has 0 saturated heterocycles. The third-order valence-electron chi connectivity index (χ3n) is 0. The van der Waals surface area contributed by atoms with Crippen LogP contribution in [0, 0.1) is 0 Å². The van der Waals surface area contributed by atoms with Crippen molar-refractivity contribution in [2.24, 2.45) is 0 Å². The van der Waals surface area contributed by atoms with Crippen molar-refractivity contribution in [3.8, 4) is 0 Å². The van der Waals surface area contributed by atoms with Crippen LogP contribution in [0.25, 0.3) is 0 Å². The first-order valence-corrected chi connectivity index (χ1v) is 1.12. The topological polar surface area (TPSA) is 34.1 Å². The van der Waals surface area contributed by atoms with Crippen LogP contribution in [-0.2, 0) is 106 Å². The number of hydrogen-bond donors (Lipinski definition) is 0. The van der Waals surface area contributed by atoms with Gasteiger partial charge in [0.25, 0.3) is 0 Å². The second kappa shape index (κ2) is 122. The molecule has 0 saturated carbocycles. The number of rotatable bonds is 0. The van der Waals surface area contributed by atoms with Crippen molar-refractivity contribution in [2.75, 3.05) is 0 Å². The van der Waals surface area contributed by atoms with Gasteiger partial charge in [-0.2, -0.15) is 0 Å². The molecule has 0 spiro atoms. The molecule has 10 heavy (non-hydrogen) atoms. The Kier molecular flexibility index (Phi) is 819. The molecular formula is Co2Li2Mn2Ni2O2. The van der Waals surface area contributed by atoms with Gasteiger partial charge < -0.3 is 0 Å². The summed E-state index contributed by atoms with van der Waals surface area (Å²) in [6.45, 7) is 0. The Labute approximate surface area is 141 Å². The average molecular weight is 391 g/mol. The molecule has 0 atom stereocenters. The Bertz CT molecular complexity index is 25.2. The Morgan fingerprint density at radius 1 is 0.600 bits per heavy atom. The van der Waals surface area contributed by atoms with Crippen LogP contribution in [0.2, 0.25) is 0 Å². The molecule has 0 aliphatic rings. The van der Waals surface area contributed by atoms with Gasteiger partial charge >= 0.3 is 39.1 Å². The normalized spacial score (nSPS) is 1.00. The Morgan fingerprint density at radius 2 is 0.600 bits per heavy atom. The molecule has 0 fully saturated rings. The molecule has 4 radical (unpaired) electrons. The van der Waals surface area contributed by atoms with Gasteiger partial charge in [-0.3, -0.25) is 0 Å². The maximum absolute atomic E-state index is 7.94. The quantitative estimate of drug-likeness (QED) is 0.496. The van der Waals surface area contributed by atoms with E-state index in [0.717, 1.165) is 0 Å². The Morgan fingerprint density at radius 3 is 0.600 bits per heavy atom. The van der Waals surface area contributed by atoms with E-state index in [-0.39, 0.29) is 105 Å². The first-order chi connectivity index (χ1) is 2.00. The second-order valence-electron chi connectivity index (χ2n) is 0. The minimum absolute atomic E-state index is 0. The van der Waals surface area contributed by atoms with E-state index in [4.69, 9.17) is 7.73 Å². The zero-order chi connectivity index (χ0) is 4.00. The van der Waals surface area contributed by atoms with Gasteiger partial charge in [-0.25, -0.2) is 0 Å². The summed E-state index contributed by atoms with van der Waals surface area (Å²) in [7, 11) is 0. The van der Waals surface area contributed by atoms with Crippen LogP contribution in [-0.4, -0.2) is 37.7 Å². The van der Waals surface area contributed by atoms with Gasteiger partial charge in [-0.1, -0.05) is 0 Å². The first-order valence-electron chi connectivity index (χ1n) is 0.272. The molecule has 0 amide bonds. The SMILES string of the molecule is [Li].[Li].[Mn].[Mn].[Ni].[Ni].[O]=[Co].[O]=[Co]. The minimum atomic E-state index is 0.